The Morgan fingerprint density at radius 3 is 2.79 bits per heavy atom. The van der Waals surface area contributed by atoms with Crippen LogP contribution in [0.15, 0.2) is 48.9 Å². The molecule has 1 aromatic heterocycles. The van der Waals surface area contributed by atoms with Crippen LogP contribution in [-0.4, -0.2) is 69.4 Å². The van der Waals surface area contributed by atoms with Crippen molar-refractivity contribution in [1.29, 1.82) is 0 Å². The molecule has 224 valence electrons. The molecule has 2 heterocycles. The van der Waals surface area contributed by atoms with Crippen LogP contribution >= 0.6 is 0 Å². The summed E-state index contributed by atoms with van der Waals surface area (Å²) in [6.45, 7) is 6.13. The molecule has 3 atom stereocenters. The summed E-state index contributed by atoms with van der Waals surface area (Å²) < 4.78 is 30.0. The van der Waals surface area contributed by atoms with Crippen LogP contribution in [-0.2, 0) is 29.0 Å². The molecule has 2 aromatic carbocycles. The molecular formula is C32H40F2N6O2. The van der Waals surface area contributed by atoms with Crippen LogP contribution in [0, 0.1) is 11.6 Å². The number of aryl methyl sites for hydroxylation is 1. The second-order valence-electron chi connectivity index (χ2n) is 11.6. The molecule has 0 radical (unpaired) electrons. The average molecular weight is 579 g/mol. The predicted molar refractivity (Wildman–Crippen MR) is 158 cm³/mol. The van der Waals surface area contributed by atoms with E-state index in [1.54, 1.807) is 13.3 Å². The number of carbonyl (C=O) groups excluding carboxylic acids is 2. The van der Waals surface area contributed by atoms with Gasteiger partial charge in [-0.15, -0.1) is 0 Å². The normalized spacial score (nSPS) is 19.4. The zero-order valence-electron chi connectivity index (χ0n) is 24.6. The molecule has 1 aliphatic carbocycles. The van der Waals surface area contributed by atoms with Crippen LogP contribution < -0.4 is 10.6 Å². The first-order valence-corrected chi connectivity index (χ1v) is 14.8. The molecule has 2 aliphatic rings. The number of likely N-dealkylation sites (tertiary alicyclic amines) is 1. The number of halogens is 2. The van der Waals surface area contributed by atoms with E-state index in [1.165, 1.54) is 6.07 Å². The third-order valence-corrected chi connectivity index (χ3v) is 8.59. The highest BCUT2D eigenvalue weighted by Gasteiger charge is 2.29. The lowest BCUT2D eigenvalue weighted by molar-refractivity contribution is -0.129. The molecular weight excluding hydrogens is 538 g/mol. The van der Waals surface area contributed by atoms with Gasteiger partial charge in [-0.25, -0.2) is 13.8 Å². The molecule has 1 unspecified atom stereocenters. The molecule has 42 heavy (non-hydrogen) atoms. The van der Waals surface area contributed by atoms with Gasteiger partial charge in [0.25, 0.3) is 0 Å². The Balaban J connectivity index is 1.22. The smallest absolute Gasteiger partial charge is 0.242 e. The third-order valence-electron chi connectivity index (χ3n) is 8.59. The van der Waals surface area contributed by atoms with Crippen molar-refractivity contribution in [2.24, 2.45) is 0 Å². The van der Waals surface area contributed by atoms with Gasteiger partial charge < -0.3 is 20.1 Å². The van der Waals surface area contributed by atoms with Crippen LogP contribution in [0.25, 0.3) is 5.69 Å². The summed E-state index contributed by atoms with van der Waals surface area (Å²) in [6.07, 6.45) is 7.59. The highest BCUT2D eigenvalue weighted by Crippen LogP contribution is 2.26. The van der Waals surface area contributed by atoms with Gasteiger partial charge in [0.05, 0.1) is 17.9 Å². The Bertz CT molecular complexity index is 1430. The molecule has 8 nitrogen and oxygen atoms in total. The molecule has 2 amide bonds. The SMILES string of the molecule is CCC[C@H](N[C@H]1CCc2cc(F)cc(F)c2C1)C(=O)Nc1cn(-c2ccccc2CN2CCC(N(C)C(C)=O)C2)cn1. The number of likely N-dealkylation sites (N-methyl/N-ethyl adjacent to an activating group) is 1. The van der Waals surface area contributed by atoms with Gasteiger partial charge in [0.15, 0.2) is 5.82 Å². The summed E-state index contributed by atoms with van der Waals surface area (Å²) in [5, 5.41) is 6.39. The van der Waals surface area contributed by atoms with Crippen molar-refractivity contribution in [3.05, 3.63) is 77.2 Å². The molecule has 2 N–H and O–H groups in total. The number of nitrogens with one attached hydrogen (secondary N) is 2. The first kappa shape index (κ1) is 29.8. The second kappa shape index (κ2) is 13.1. The number of aromatic nitrogens is 2. The molecule has 10 heteroatoms. The highest BCUT2D eigenvalue weighted by molar-refractivity contribution is 5.94. The van der Waals surface area contributed by atoms with Crippen molar-refractivity contribution < 1.29 is 18.4 Å². The van der Waals surface area contributed by atoms with E-state index in [2.05, 4.69) is 26.6 Å². The third kappa shape index (κ3) is 6.87. The molecule has 5 rings (SSSR count). The molecule has 3 aromatic rings. The number of carbonyl (C=O) groups is 2. The van der Waals surface area contributed by atoms with Gasteiger partial charge in [0.2, 0.25) is 11.8 Å². The molecule has 0 saturated carbocycles. The summed E-state index contributed by atoms with van der Waals surface area (Å²) in [5.41, 5.74) is 3.36. The second-order valence-corrected chi connectivity index (χ2v) is 11.6. The number of benzene rings is 2. The minimum absolute atomic E-state index is 0.0791. The molecule has 0 bridgehead atoms. The molecule has 1 aliphatic heterocycles. The van der Waals surface area contributed by atoms with E-state index in [-0.39, 0.29) is 23.9 Å². The minimum atomic E-state index is -0.551. The number of rotatable bonds is 10. The van der Waals surface area contributed by atoms with Crippen molar-refractivity contribution in [2.75, 3.05) is 25.5 Å². The van der Waals surface area contributed by atoms with E-state index >= 15 is 0 Å². The summed E-state index contributed by atoms with van der Waals surface area (Å²) in [6, 6.07) is 10.1. The van der Waals surface area contributed by atoms with Gasteiger partial charge in [0.1, 0.15) is 18.0 Å². The largest absolute Gasteiger partial charge is 0.342 e. The Labute approximate surface area is 246 Å². The van der Waals surface area contributed by atoms with E-state index in [0.717, 1.165) is 49.8 Å². The quantitative estimate of drug-likeness (QED) is 0.371. The lowest BCUT2D eigenvalue weighted by Crippen LogP contribution is -2.48. The predicted octanol–water partition coefficient (Wildman–Crippen LogP) is 4.46. The van der Waals surface area contributed by atoms with Crippen LogP contribution in [0.5, 0.6) is 0 Å². The Hall–Kier alpha value is -3.63. The number of hydrogen-bond acceptors (Lipinski definition) is 5. The van der Waals surface area contributed by atoms with Crippen molar-refractivity contribution in [3.63, 3.8) is 0 Å². The maximum atomic E-state index is 14.4. The number of imidazole rings is 1. The van der Waals surface area contributed by atoms with E-state index in [0.29, 0.717) is 42.6 Å². The van der Waals surface area contributed by atoms with Gasteiger partial charge in [-0.3, -0.25) is 14.5 Å². The van der Waals surface area contributed by atoms with Gasteiger partial charge in [-0.1, -0.05) is 31.5 Å². The minimum Gasteiger partial charge on any atom is -0.342 e. The van der Waals surface area contributed by atoms with E-state index in [4.69, 9.17) is 0 Å². The Morgan fingerprint density at radius 2 is 2.00 bits per heavy atom. The van der Waals surface area contributed by atoms with Crippen LogP contribution in [0.4, 0.5) is 14.6 Å². The number of amides is 2. The van der Waals surface area contributed by atoms with Crippen molar-refractivity contribution in [1.82, 2.24) is 24.7 Å². The first-order valence-electron chi connectivity index (χ1n) is 14.8. The van der Waals surface area contributed by atoms with Gasteiger partial charge in [0, 0.05) is 51.8 Å². The maximum Gasteiger partial charge on any atom is 0.242 e. The molecule has 0 spiro atoms. The maximum absolute atomic E-state index is 14.4. The summed E-state index contributed by atoms with van der Waals surface area (Å²) in [5.74, 6) is -0.714. The van der Waals surface area contributed by atoms with Crippen LogP contribution in [0.2, 0.25) is 0 Å². The summed E-state index contributed by atoms with van der Waals surface area (Å²) in [7, 11) is 1.86. The van der Waals surface area contributed by atoms with Crippen LogP contribution in [0.1, 0.15) is 56.2 Å². The average Bonchev–Trinajstić information content (AvgIpc) is 3.63. The van der Waals surface area contributed by atoms with E-state index in [1.807, 2.05) is 47.8 Å². The molecule has 1 fully saturated rings. The van der Waals surface area contributed by atoms with Crippen LogP contribution in [0.3, 0.4) is 0 Å². The topological polar surface area (TPSA) is 82.5 Å². The number of nitrogens with zero attached hydrogens (tertiary/aromatic N) is 4. The summed E-state index contributed by atoms with van der Waals surface area (Å²) in [4.78, 5) is 33.8. The van der Waals surface area contributed by atoms with Crippen molar-refractivity contribution >= 4 is 17.6 Å². The van der Waals surface area contributed by atoms with E-state index in [9.17, 15) is 18.4 Å². The van der Waals surface area contributed by atoms with E-state index < -0.39 is 17.7 Å². The Morgan fingerprint density at radius 1 is 1.19 bits per heavy atom. The summed E-state index contributed by atoms with van der Waals surface area (Å²) >= 11 is 0. The van der Waals surface area contributed by atoms with Crippen molar-refractivity contribution in [2.45, 2.75) is 77.0 Å². The highest BCUT2D eigenvalue weighted by atomic mass is 19.1. The lowest BCUT2D eigenvalue weighted by Gasteiger charge is -2.29. The number of hydrogen-bond donors (Lipinski definition) is 2. The monoisotopic (exact) mass is 578 g/mol. The number of anilines is 1. The number of para-hydroxylation sites is 1. The fraction of sp³-hybridized carbons (Fsp3) is 0.469. The van der Waals surface area contributed by atoms with Gasteiger partial charge >= 0.3 is 0 Å². The van der Waals surface area contributed by atoms with Gasteiger partial charge in [-0.05, 0) is 60.9 Å². The standard InChI is InChI=1S/C32H40F2N6O2/c1-4-7-29(36-25-11-10-22-14-24(33)15-28(34)27(22)16-25)32(42)37-31-19-40(20-35-31)30-9-6-5-8-23(30)17-39-13-12-26(18-39)38(3)21(2)41/h5-6,8-9,14-15,19-20,25-26,29,36H,4,7,10-13,16-18H2,1-3H3,(H,37,42)/t25-,26?,29-/m0/s1. The zero-order chi connectivity index (χ0) is 29.8. The molecule has 1 saturated heterocycles. The zero-order valence-corrected chi connectivity index (χ0v) is 24.6. The van der Waals surface area contributed by atoms with Gasteiger partial charge in [-0.2, -0.15) is 0 Å². The Kier molecular flexibility index (Phi) is 9.33. The van der Waals surface area contributed by atoms with Crippen molar-refractivity contribution in [3.8, 4) is 5.69 Å². The lowest BCUT2D eigenvalue weighted by atomic mass is 9.87. The number of fused-ring (bicyclic) bond motifs is 1. The fourth-order valence-electron chi connectivity index (χ4n) is 6.19. The fourth-order valence-corrected chi connectivity index (χ4v) is 6.19. The first-order chi connectivity index (χ1) is 20.2.